The monoisotopic (exact) mass is 372 g/mol. The van der Waals surface area contributed by atoms with Gasteiger partial charge in [0.15, 0.2) is 0 Å². The van der Waals surface area contributed by atoms with Crippen LogP contribution in [0, 0.1) is 11.7 Å². The molecule has 1 aliphatic rings. The van der Waals surface area contributed by atoms with Gasteiger partial charge in [-0.2, -0.15) is 5.10 Å². The van der Waals surface area contributed by atoms with Gasteiger partial charge in [0.25, 0.3) is 0 Å². The molecule has 3 rings (SSSR count). The molecule has 0 spiro atoms. The first kappa shape index (κ1) is 19.1. The fourth-order valence-electron chi connectivity index (χ4n) is 3.51. The van der Waals surface area contributed by atoms with Crippen LogP contribution in [-0.2, 0) is 29.6 Å². The number of rotatable bonds is 5. The quantitative estimate of drug-likeness (QED) is 0.807. The lowest BCUT2D eigenvalue weighted by Crippen LogP contribution is -2.46. The van der Waals surface area contributed by atoms with E-state index in [9.17, 15) is 14.0 Å². The molecule has 1 saturated heterocycles. The van der Waals surface area contributed by atoms with Crippen molar-refractivity contribution in [3.8, 4) is 0 Å². The third kappa shape index (κ3) is 4.93. The molecule has 1 aromatic heterocycles. The maximum absolute atomic E-state index is 13.0. The average Bonchev–Trinajstić information content (AvgIpc) is 3.07. The first-order valence-electron chi connectivity index (χ1n) is 9.17. The van der Waals surface area contributed by atoms with Crippen molar-refractivity contribution < 1.29 is 14.0 Å². The Balaban J connectivity index is 1.56. The fourth-order valence-corrected chi connectivity index (χ4v) is 3.51. The predicted molar refractivity (Wildman–Crippen MR) is 99.1 cm³/mol. The molecule has 2 amide bonds. The molecule has 1 atom stereocenters. The summed E-state index contributed by atoms with van der Waals surface area (Å²) in [7, 11) is 3.63. The Morgan fingerprint density at radius 1 is 1.26 bits per heavy atom. The summed E-state index contributed by atoms with van der Waals surface area (Å²) in [5, 5.41) is 4.12. The summed E-state index contributed by atoms with van der Waals surface area (Å²) in [4.78, 5) is 28.8. The first-order valence-corrected chi connectivity index (χ1v) is 9.17. The lowest BCUT2D eigenvalue weighted by molar-refractivity contribution is -0.140. The summed E-state index contributed by atoms with van der Waals surface area (Å²) in [6.07, 6.45) is 5.47. The first-order chi connectivity index (χ1) is 12.9. The molecule has 0 radical (unpaired) electrons. The number of likely N-dealkylation sites (tertiary alicyclic amines) is 1. The van der Waals surface area contributed by atoms with Crippen molar-refractivity contribution in [3.05, 3.63) is 53.6 Å². The van der Waals surface area contributed by atoms with Gasteiger partial charge in [0, 0.05) is 45.5 Å². The van der Waals surface area contributed by atoms with E-state index >= 15 is 0 Å². The van der Waals surface area contributed by atoms with Gasteiger partial charge in [-0.25, -0.2) is 4.39 Å². The largest absolute Gasteiger partial charge is 0.342 e. The minimum Gasteiger partial charge on any atom is -0.342 e. The Hall–Kier alpha value is -2.70. The molecule has 27 heavy (non-hydrogen) atoms. The maximum atomic E-state index is 13.0. The van der Waals surface area contributed by atoms with Crippen LogP contribution in [0.25, 0.3) is 0 Å². The average molecular weight is 372 g/mol. The lowest BCUT2D eigenvalue weighted by Gasteiger charge is -2.34. The van der Waals surface area contributed by atoms with Crippen molar-refractivity contribution in [2.45, 2.75) is 25.8 Å². The summed E-state index contributed by atoms with van der Waals surface area (Å²) in [6, 6.07) is 5.97. The molecular weight excluding hydrogens is 347 g/mol. The molecular formula is C20H25FN4O2. The highest BCUT2D eigenvalue weighted by atomic mass is 19.1. The fraction of sp³-hybridized carbons (Fsp3) is 0.450. The number of aromatic nitrogens is 2. The number of hydrogen-bond acceptors (Lipinski definition) is 3. The van der Waals surface area contributed by atoms with Crippen molar-refractivity contribution in [2.24, 2.45) is 13.0 Å². The molecule has 1 fully saturated rings. The zero-order chi connectivity index (χ0) is 19.4. The summed E-state index contributed by atoms with van der Waals surface area (Å²) >= 11 is 0. The molecule has 2 heterocycles. The number of halogens is 1. The van der Waals surface area contributed by atoms with Crippen LogP contribution < -0.4 is 0 Å². The normalized spacial score (nSPS) is 17.0. The molecule has 2 aromatic rings. The van der Waals surface area contributed by atoms with E-state index in [1.807, 2.05) is 13.2 Å². The van der Waals surface area contributed by atoms with E-state index in [2.05, 4.69) is 5.10 Å². The molecule has 0 bridgehead atoms. The highest BCUT2D eigenvalue weighted by Gasteiger charge is 2.30. The van der Waals surface area contributed by atoms with Crippen LogP contribution in [0.4, 0.5) is 4.39 Å². The summed E-state index contributed by atoms with van der Waals surface area (Å²) in [5.41, 5.74) is 1.76. The Morgan fingerprint density at radius 3 is 2.67 bits per heavy atom. The molecule has 1 aromatic carbocycles. The molecule has 0 saturated carbocycles. The van der Waals surface area contributed by atoms with Gasteiger partial charge < -0.3 is 9.80 Å². The van der Waals surface area contributed by atoms with Gasteiger partial charge >= 0.3 is 0 Å². The molecule has 0 N–H and O–H groups in total. The van der Waals surface area contributed by atoms with Gasteiger partial charge in [-0.05, 0) is 30.5 Å². The van der Waals surface area contributed by atoms with Gasteiger partial charge in [0.05, 0.1) is 18.5 Å². The second kappa shape index (κ2) is 8.33. The maximum Gasteiger partial charge on any atom is 0.227 e. The number of nitrogens with zero attached hydrogens (tertiary/aromatic N) is 4. The number of aryl methyl sites for hydroxylation is 1. The van der Waals surface area contributed by atoms with E-state index in [1.165, 1.54) is 12.1 Å². The number of carbonyl (C=O) groups is 2. The molecule has 7 heteroatoms. The number of amides is 2. The SMILES string of the molecule is CN(Cc1cnn(C)c1)C(=O)[C@H]1CCCN(C(=O)Cc2ccc(F)cc2)C1. The molecule has 0 unspecified atom stereocenters. The van der Waals surface area contributed by atoms with Crippen LogP contribution >= 0.6 is 0 Å². The smallest absolute Gasteiger partial charge is 0.227 e. The van der Waals surface area contributed by atoms with Crippen molar-refractivity contribution in [2.75, 3.05) is 20.1 Å². The van der Waals surface area contributed by atoms with Crippen LogP contribution in [0.2, 0.25) is 0 Å². The van der Waals surface area contributed by atoms with Gasteiger partial charge in [0.1, 0.15) is 5.82 Å². The Morgan fingerprint density at radius 2 is 2.00 bits per heavy atom. The second-order valence-electron chi connectivity index (χ2n) is 7.20. The Labute approximate surface area is 158 Å². The van der Waals surface area contributed by atoms with Crippen molar-refractivity contribution >= 4 is 11.8 Å². The van der Waals surface area contributed by atoms with Crippen LogP contribution in [0.1, 0.15) is 24.0 Å². The highest BCUT2D eigenvalue weighted by Crippen LogP contribution is 2.20. The lowest BCUT2D eigenvalue weighted by atomic mass is 9.96. The summed E-state index contributed by atoms with van der Waals surface area (Å²) in [6.45, 7) is 1.61. The number of carbonyl (C=O) groups excluding carboxylic acids is 2. The Kier molecular flexibility index (Phi) is 5.88. The van der Waals surface area contributed by atoms with E-state index in [0.717, 1.165) is 24.0 Å². The van der Waals surface area contributed by atoms with Gasteiger partial charge in [-0.3, -0.25) is 14.3 Å². The molecule has 6 nitrogen and oxygen atoms in total. The van der Waals surface area contributed by atoms with Crippen molar-refractivity contribution in [1.82, 2.24) is 19.6 Å². The summed E-state index contributed by atoms with van der Waals surface area (Å²) in [5.74, 6) is -0.462. The van der Waals surface area contributed by atoms with Gasteiger partial charge in [0.2, 0.25) is 11.8 Å². The minimum absolute atomic E-state index is 0.0194. The van der Waals surface area contributed by atoms with Crippen LogP contribution in [-0.4, -0.2) is 51.5 Å². The number of benzene rings is 1. The van der Waals surface area contributed by atoms with Crippen molar-refractivity contribution in [1.29, 1.82) is 0 Å². The van der Waals surface area contributed by atoms with E-state index in [1.54, 1.807) is 39.9 Å². The van der Waals surface area contributed by atoms with Crippen LogP contribution in [0.3, 0.4) is 0 Å². The molecule has 0 aliphatic carbocycles. The highest BCUT2D eigenvalue weighted by molar-refractivity contribution is 5.82. The second-order valence-corrected chi connectivity index (χ2v) is 7.20. The third-order valence-corrected chi connectivity index (χ3v) is 4.95. The van der Waals surface area contributed by atoms with E-state index < -0.39 is 0 Å². The zero-order valence-corrected chi connectivity index (χ0v) is 15.8. The standard InChI is InChI=1S/C20H25FN4O2/c1-23(12-16-11-22-24(2)13-16)20(27)17-4-3-9-25(14-17)19(26)10-15-5-7-18(21)8-6-15/h5-8,11,13,17H,3-4,9-10,12,14H2,1-2H3/t17-/m0/s1. The summed E-state index contributed by atoms with van der Waals surface area (Å²) < 4.78 is 14.7. The number of piperidine rings is 1. The topological polar surface area (TPSA) is 58.4 Å². The molecule has 1 aliphatic heterocycles. The predicted octanol–water partition coefficient (Wildman–Crippen LogP) is 2.00. The molecule has 144 valence electrons. The van der Waals surface area contributed by atoms with E-state index in [-0.39, 0.29) is 30.0 Å². The number of hydrogen-bond donors (Lipinski definition) is 0. The van der Waals surface area contributed by atoms with E-state index in [0.29, 0.717) is 19.6 Å². The van der Waals surface area contributed by atoms with Crippen LogP contribution in [0.15, 0.2) is 36.7 Å². The zero-order valence-electron chi connectivity index (χ0n) is 15.8. The van der Waals surface area contributed by atoms with Gasteiger partial charge in [-0.15, -0.1) is 0 Å². The third-order valence-electron chi connectivity index (χ3n) is 4.95. The Bertz CT molecular complexity index is 803. The van der Waals surface area contributed by atoms with Crippen LogP contribution in [0.5, 0.6) is 0 Å². The van der Waals surface area contributed by atoms with Gasteiger partial charge in [-0.1, -0.05) is 12.1 Å². The van der Waals surface area contributed by atoms with E-state index in [4.69, 9.17) is 0 Å². The van der Waals surface area contributed by atoms with Crippen molar-refractivity contribution in [3.63, 3.8) is 0 Å². The minimum atomic E-state index is -0.313.